The van der Waals surface area contributed by atoms with Crippen LogP contribution in [-0.2, 0) is 0 Å². The third kappa shape index (κ3) is 4.18. The quantitative estimate of drug-likeness (QED) is 0.594. The van der Waals surface area contributed by atoms with Gasteiger partial charge < -0.3 is 20.4 Å². The maximum atomic E-state index is 12.2. The highest BCUT2D eigenvalue weighted by Crippen LogP contribution is 2.24. The fourth-order valence-corrected chi connectivity index (χ4v) is 2.45. The molecule has 0 spiro atoms. The molecule has 0 fully saturated rings. The summed E-state index contributed by atoms with van der Waals surface area (Å²) < 4.78 is 5.77. The Morgan fingerprint density at radius 1 is 1.00 bits per heavy atom. The molecule has 7 nitrogen and oxygen atoms in total. The number of hydrogen-bond donors (Lipinski definition) is 3. The lowest BCUT2D eigenvalue weighted by molar-refractivity contribution is 0.0954. The van der Waals surface area contributed by atoms with Gasteiger partial charge in [0, 0.05) is 30.8 Å². The Balaban J connectivity index is 1.63. The Labute approximate surface area is 150 Å². The average Bonchev–Trinajstić information content (AvgIpc) is 3.09. The van der Waals surface area contributed by atoms with Crippen LogP contribution in [0.25, 0.3) is 22.6 Å². The van der Waals surface area contributed by atoms with Crippen LogP contribution in [0.4, 0.5) is 4.79 Å². The lowest BCUT2D eigenvalue weighted by Crippen LogP contribution is -2.40. The first kappa shape index (κ1) is 17.5. The Morgan fingerprint density at radius 2 is 1.77 bits per heavy atom. The van der Waals surface area contributed by atoms with Crippen LogP contribution in [0.5, 0.6) is 0 Å². The number of oxazole rings is 1. The molecule has 0 aliphatic rings. The van der Waals surface area contributed by atoms with Gasteiger partial charge in [-0.05, 0) is 37.3 Å². The van der Waals surface area contributed by atoms with Gasteiger partial charge in [0.25, 0.3) is 5.91 Å². The van der Waals surface area contributed by atoms with E-state index in [4.69, 9.17) is 4.42 Å². The summed E-state index contributed by atoms with van der Waals surface area (Å²) in [4.78, 5) is 27.9. The lowest BCUT2D eigenvalue weighted by atomic mass is 10.2. The van der Waals surface area contributed by atoms with Crippen LogP contribution in [0.3, 0.4) is 0 Å². The van der Waals surface area contributed by atoms with Crippen LogP contribution in [0.1, 0.15) is 17.3 Å². The van der Waals surface area contributed by atoms with Crippen molar-refractivity contribution in [2.45, 2.75) is 6.92 Å². The molecule has 0 unspecified atom stereocenters. The molecule has 0 aliphatic heterocycles. The second-order valence-electron chi connectivity index (χ2n) is 5.61. The highest BCUT2D eigenvalue weighted by Gasteiger charge is 2.11. The highest BCUT2D eigenvalue weighted by atomic mass is 16.3. The summed E-state index contributed by atoms with van der Waals surface area (Å²) in [7, 11) is 0. The Kier molecular flexibility index (Phi) is 5.48. The van der Waals surface area contributed by atoms with Crippen molar-refractivity contribution in [2.24, 2.45) is 0 Å². The van der Waals surface area contributed by atoms with E-state index in [0.717, 1.165) is 5.56 Å². The number of carbonyl (C=O) groups is 2. The first-order chi connectivity index (χ1) is 12.7. The van der Waals surface area contributed by atoms with E-state index in [1.54, 1.807) is 18.2 Å². The van der Waals surface area contributed by atoms with Crippen molar-refractivity contribution in [1.29, 1.82) is 0 Å². The van der Waals surface area contributed by atoms with Gasteiger partial charge in [-0.25, -0.2) is 9.78 Å². The van der Waals surface area contributed by atoms with Gasteiger partial charge in [-0.1, -0.05) is 18.2 Å². The van der Waals surface area contributed by atoms with E-state index in [0.29, 0.717) is 42.2 Å². The highest BCUT2D eigenvalue weighted by molar-refractivity contribution is 5.97. The van der Waals surface area contributed by atoms with E-state index in [1.165, 1.54) is 0 Å². The van der Waals surface area contributed by atoms with Crippen LogP contribution >= 0.6 is 0 Å². The van der Waals surface area contributed by atoms with E-state index in [2.05, 4.69) is 20.9 Å². The number of rotatable bonds is 6. The molecule has 0 saturated carbocycles. The monoisotopic (exact) mass is 352 g/mol. The molecule has 134 valence electrons. The van der Waals surface area contributed by atoms with Gasteiger partial charge >= 0.3 is 6.03 Å². The van der Waals surface area contributed by atoms with Crippen LogP contribution in [0.2, 0.25) is 0 Å². The molecule has 0 aliphatic carbocycles. The van der Waals surface area contributed by atoms with Gasteiger partial charge in [0.1, 0.15) is 5.52 Å². The first-order valence-corrected chi connectivity index (χ1v) is 8.43. The molecule has 0 bridgehead atoms. The molecule has 3 aromatic rings. The SMILES string of the molecule is CCNC(=O)NCCNC(=O)c1ccc2nc(-c3ccccc3)oc2c1. The molecule has 1 aromatic heterocycles. The lowest BCUT2D eigenvalue weighted by Gasteiger charge is -2.07. The number of nitrogens with zero attached hydrogens (tertiary/aromatic N) is 1. The molecule has 3 N–H and O–H groups in total. The summed E-state index contributed by atoms with van der Waals surface area (Å²) in [6, 6.07) is 14.5. The van der Waals surface area contributed by atoms with Crippen molar-refractivity contribution < 1.29 is 14.0 Å². The van der Waals surface area contributed by atoms with Gasteiger partial charge in [-0.15, -0.1) is 0 Å². The molecule has 3 amide bonds. The van der Waals surface area contributed by atoms with Crippen molar-refractivity contribution in [3.8, 4) is 11.5 Å². The molecule has 3 rings (SSSR count). The number of amides is 3. The van der Waals surface area contributed by atoms with Gasteiger partial charge in [0.15, 0.2) is 5.58 Å². The maximum Gasteiger partial charge on any atom is 0.314 e. The zero-order valence-corrected chi connectivity index (χ0v) is 14.4. The standard InChI is InChI=1S/C19H20N4O3/c1-2-20-19(25)22-11-10-21-17(24)14-8-9-15-16(12-14)26-18(23-15)13-6-4-3-5-7-13/h3-9,12H,2,10-11H2,1H3,(H,21,24)(H2,20,22,25). The predicted octanol–water partition coefficient (Wildman–Crippen LogP) is 2.54. The second-order valence-corrected chi connectivity index (χ2v) is 5.61. The fourth-order valence-electron chi connectivity index (χ4n) is 2.45. The number of urea groups is 1. The zero-order valence-electron chi connectivity index (χ0n) is 14.4. The summed E-state index contributed by atoms with van der Waals surface area (Å²) in [6.07, 6.45) is 0. The normalized spacial score (nSPS) is 10.5. The third-order valence-electron chi connectivity index (χ3n) is 3.70. The molecular weight excluding hydrogens is 332 g/mol. The third-order valence-corrected chi connectivity index (χ3v) is 3.70. The topological polar surface area (TPSA) is 96.3 Å². The predicted molar refractivity (Wildman–Crippen MR) is 98.9 cm³/mol. The number of nitrogens with one attached hydrogen (secondary N) is 3. The second kappa shape index (κ2) is 8.15. The number of benzene rings is 2. The summed E-state index contributed by atoms with van der Waals surface area (Å²) in [6.45, 7) is 3.07. The average molecular weight is 352 g/mol. The minimum absolute atomic E-state index is 0.234. The van der Waals surface area contributed by atoms with Crippen molar-refractivity contribution in [1.82, 2.24) is 20.9 Å². The summed E-state index contributed by atoms with van der Waals surface area (Å²) in [5.74, 6) is 0.284. The van der Waals surface area contributed by atoms with Crippen LogP contribution < -0.4 is 16.0 Å². The minimum atomic E-state index is -0.252. The molecule has 26 heavy (non-hydrogen) atoms. The fraction of sp³-hybridized carbons (Fsp3) is 0.211. The largest absolute Gasteiger partial charge is 0.436 e. The molecule has 0 atom stereocenters. The van der Waals surface area contributed by atoms with E-state index in [9.17, 15) is 9.59 Å². The summed E-state index contributed by atoms with van der Waals surface area (Å²) >= 11 is 0. The van der Waals surface area contributed by atoms with Crippen molar-refractivity contribution in [3.63, 3.8) is 0 Å². The van der Waals surface area contributed by atoms with Crippen LogP contribution in [-0.4, -0.2) is 36.6 Å². The van der Waals surface area contributed by atoms with Gasteiger partial charge in [0.2, 0.25) is 5.89 Å². The van der Waals surface area contributed by atoms with Gasteiger partial charge in [0.05, 0.1) is 0 Å². The molecule has 2 aromatic carbocycles. The van der Waals surface area contributed by atoms with E-state index in [-0.39, 0.29) is 11.9 Å². The number of carbonyl (C=O) groups excluding carboxylic acids is 2. The number of aromatic nitrogens is 1. The first-order valence-electron chi connectivity index (χ1n) is 8.43. The van der Waals surface area contributed by atoms with Gasteiger partial charge in [-0.2, -0.15) is 0 Å². The summed E-state index contributed by atoms with van der Waals surface area (Å²) in [5.41, 5.74) is 2.60. The molecule has 1 heterocycles. The number of fused-ring (bicyclic) bond motifs is 1. The minimum Gasteiger partial charge on any atom is -0.436 e. The van der Waals surface area contributed by atoms with Crippen molar-refractivity contribution in [3.05, 3.63) is 54.1 Å². The van der Waals surface area contributed by atoms with Crippen molar-refractivity contribution in [2.75, 3.05) is 19.6 Å². The van der Waals surface area contributed by atoms with E-state index >= 15 is 0 Å². The molecule has 0 radical (unpaired) electrons. The smallest absolute Gasteiger partial charge is 0.314 e. The molecular formula is C19H20N4O3. The van der Waals surface area contributed by atoms with E-state index < -0.39 is 0 Å². The maximum absolute atomic E-state index is 12.2. The Hall–Kier alpha value is -3.35. The Bertz CT molecular complexity index is 906. The zero-order chi connectivity index (χ0) is 18.4. The van der Waals surface area contributed by atoms with Crippen LogP contribution in [0.15, 0.2) is 52.9 Å². The van der Waals surface area contributed by atoms with Crippen LogP contribution in [0, 0.1) is 0 Å². The van der Waals surface area contributed by atoms with E-state index in [1.807, 2.05) is 37.3 Å². The summed E-state index contributed by atoms with van der Waals surface area (Å²) in [5, 5.41) is 8.02. The molecule has 7 heteroatoms. The van der Waals surface area contributed by atoms with Crippen molar-refractivity contribution >= 4 is 23.0 Å². The molecule has 0 saturated heterocycles. The van der Waals surface area contributed by atoms with Gasteiger partial charge in [-0.3, -0.25) is 4.79 Å². The Morgan fingerprint density at radius 3 is 2.54 bits per heavy atom. The number of hydrogen-bond acceptors (Lipinski definition) is 4.